The number of ether oxygens (including phenoxy) is 1. The predicted molar refractivity (Wildman–Crippen MR) is 66.9 cm³/mol. The van der Waals surface area contributed by atoms with Crippen molar-refractivity contribution in [2.45, 2.75) is 46.3 Å². The summed E-state index contributed by atoms with van der Waals surface area (Å²) in [5, 5.41) is 3.44. The maximum atomic E-state index is 12.1. The van der Waals surface area contributed by atoms with Crippen LogP contribution >= 0.6 is 0 Å². The van der Waals surface area contributed by atoms with Gasteiger partial charge in [0.05, 0.1) is 0 Å². The number of hydrogen-bond donors (Lipinski definition) is 1. The van der Waals surface area contributed by atoms with Crippen LogP contribution in [0.2, 0.25) is 0 Å². The van der Waals surface area contributed by atoms with E-state index in [2.05, 4.69) is 19.2 Å². The van der Waals surface area contributed by atoms with Crippen LogP contribution in [0, 0.1) is 11.3 Å². The van der Waals surface area contributed by atoms with Crippen molar-refractivity contribution in [1.82, 2.24) is 10.2 Å². The molecule has 2 rings (SSSR count). The van der Waals surface area contributed by atoms with E-state index >= 15 is 0 Å². The van der Waals surface area contributed by atoms with E-state index in [0.29, 0.717) is 12.0 Å². The van der Waals surface area contributed by atoms with Crippen LogP contribution in [0.3, 0.4) is 0 Å². The Morgan fingerprint density at radius 1 is 1.41 bits per heavy atom. The summed E-state index contributed by atoms with van der Waals surface area (Å²) < 4.78 is 5.45. The molecule has 4 nitrogen and oxygen atoms in total. The van der Waals surface area contributed by atoms with Gasteiger partial charge in [-0.2, -0.15) is 0 Å². The van der Waals surface area contributed by atoms with Gasteiger partial charge in [0.25, 0.3) is 0 Å². The molecule has 17 heavy (non-hydrogen) atoms. The lowest BCUT2D eigenvalue weighted by Crippen LogP contribution is -2.71. The molecule has 2 atom stereocenters. The lowest BCUT2D eigenvalue weighted by molar-refractivity contribution is -0.0825. The fraction of sp³-hybridized carbons (Fsp3) is 0.923. The molecule has 0 aromatic rings. The summed E-state index contributed by atoms with van der Waals surface area (Å²) in [5.74, 6) is 0.589. The highest BCUT2D eigenvalue weighted by atomic mass is 16.6. The quantitative estimate of drug-likeness (QED) is 0.702. The van der Waals surface area contributed by atoms with E-state index in [0.717, 1.165) is 19.6 Å². The van der Waals surface area contributed by atoms with Gasteiger partial charge in [-0.05, 0) is 26.2 Å². The Bertz CT molecular complexity index is 320. The molecule has 0 spiro atoms. The van der Waals surface area contributed by atoms with Gasteiger partial charge in [0.1, 0.15) is 5.60 Å². The van der Waals surface area contributed by atoms with E-state index in [1.54, 1.807) is 0 Å². The van der Waals surface area contributed by atoms with Crippen molar-refractivity contribution in [2.75, 3.05) is 19.6 Å². The molecule has 2 saturated heterocycles. The van der Waals surface area contributed by atoms with Gasteiger partial charge in [-0.1, -0.05) is 13.8 Å². The zero-order chi connectivity index (χ0) is 12.8. The lowest BCUT2D eigenvalue weighted by atomic mass is 9.68. The molecule has 0 bridgehead atoms. The van der Waals surface area contributed by atoms with E-state index in [1.165, 1.54) is 0 Å². The molecule has 0 radical (unpaired) electrons. The minimum Gasteiger partial charge on any atom is -0.444 e. The molecule has 2 heterocycles. The van der Waals surface area contributed by atoms with Crippen LogP contribution < -0.4 is 5.32 Å². The molecule has 0 aromatic carbocycles. The van der Waals surface area contributed by atoms with Gasteiger partial charge >= 0.3 is 6.09 Å². The van der Waals surface area contributed by atoms with Crippen molar-refractivity contribution in [3.8, 4) is 0 Å². The fourth-order valence-electron chi connectivity index (χ4n) is 3.01. The number of hydrogen-bond acceptors (Lipinski definition) is 3. The third-order valence-corrected chi connectivity index (χ3v) is 3.63. The van der Waals surface area contributed by atoms with Gasteiger partial charge in [-0.15, -0.1) is 0 Å². The van der Waals surface area contributed by atoms with Crippen LogP contribution in [0.1, 0.15) is 34.6 Å². The molecule has 0 aromatic heterocycles. The first kappa shape index (κ1) is 12.7. The Labute approximate surface area is 104 Å². The fourth-order valence-corrected chi connectivity index (χ4v) is 3.01. The number of piperidine rings is 1. The number of nitrogens with zero attached hydrogens (tertiary/aromatic N) is 1. The number of rotatable bonds is 0. The number of carbonyl (C=O) groups excluding carboxylic acids is 1. The number of amides is 1. The largest absolute Gasteiger partial charge is 0.444 e. The molecular weight excluding hydrogens is 216 g/mol. The van der Waals surface area contributed by atoms with Crippen molar-refractivity contribution in [1.29, 1.82) is 0 Å². The first-order chi connectivity index (χ1) is 7.71. The summed E-state index contributed by atoms with van der Waals surface area (Å²) in [5.41, 5.74) is -0.267. The summed E-state index contributed by atoms with van der Waals surface area (Å²) in [7, 11) is 0. The van der Waals surface area contributed by atoms with E-state index in [4.69, 9.17) is 4.74 Å². The van der Waals surface area contributed by atoms with Crippen LogP contribution in [0.5, 0.6) is 0 Å². The average molecular weight is 240 g/mol. The summed E-state index contributed by atoms with van der Waals surface area (Å²) >= 11 is 0. The second-order valence-corrected chi connectivity index (χ2v) is 6.96. The molecule has 0 unspecified atom stereocenters. The van der Waals surface area contributed by atoms with Crippen molar-refractivity contribution >= 4 is 6.09 Å². The van der Waals surface area contributed by atoms with E-state index in [-0.39, 0.29) is 11.5 Å². The Morgan fingerprint density at radius 2 is 2.06 bits per heavy atom. The SMILES string of the molecule is CC(C)(C)OC(=O)N1C[C@@H]2CNCC(C)(C)[C@@H]21. The van der Waals surface area contributed by atoms with Crippen molar-refractivity contribution in [3.63, 3.8) is 0 Å². The second-order valence-electron chi connectivity index (χ2n) is 6.96. The molecule has 2 aliphatic rings. The lowest BCUT2D eigenvalue weighted by Gasteiger charge is -2.57. The highest BCUT2D eigenvalue weighted by molar-refractivity contribution is 5.70. The molecule has 2 aliphatic heterocycles. The Balaban J connectivity index is 2.03. The van der Waals surface area contributed by atoms with Gasteiger partial charge < -0.3 is 15.0 Å². The minimum absolute atomic E-state index is 0.137. The third kappa shape index (κ3) is 2.41. The van der Waals surface area contributed by atoms with Crippen LogP contribution in [-0.4, -0.2) is 42.3 Å². The summed E-state index contributed by atoms with van der Waals surface area (Å²) in [6.07, 6.45) is -0.159. The average Bonchev–Trinajstić information content (AvgIpc) is 2.03. The number of nitrogens with one attached hydrogen (secondary N) is 1. The molecule has 0 saturated carbocycles. The number of likely N-dealkylation sites (tertiary alicyclic amines) is 1. The highest BCUT2D eigenvalue weighted by Gasteiger charge is 2.52. The van der Waals surface area contributed by atoms with Crippen molar-refractivity contribution < 1.29 is 9.53 Å². The Hall–Kier alpha value is -0.770. The first-order valence-electron chi connectivity index (χ1n) is 6.41. The normalized spacial score (nSPS) is 31.5. The van der Waals surface area contributed by atoms with Crippen LogP contribution in [-0.2, 0) is 4.74 Å². The molecule has 1 N–H and O–H groups in total. The van der Waals surface area contributed by atoms with Crippen LogP contribution in [0.15, 0.2) is 0 Å². The van der Waals surface area contributed by atoms with Crippen molar-refractivity contribution in [3.05, 3.63) is 0 Å². The van der Waals surface area contributed by atoms with Crippen molar-refractivity contribution in [2.24, 2.45) is 11.3 Å². The Morgan fingerprint density at radius 3 is 2.59 bits per heavy atom. The van der Waals surface area contributed by atoms with E-state index in [9.17, 15) is 4.79 Å². The molecule has 98 valence electrons. The maximum Gasteiger partial charge on any atom is 0.410 e. The smallest absolute Gasteiger partial charge is 0.410 e. The number of carbonyl (C=O) groups is 1. The zero-order valence-electron chi connectivity index (χ0n) is 11.5. The minimum atomic E-state index is -0.404. The summed E-state index contributed by atoms with van der Waals surface area (Å²) in [6.45, 7) is 13.0. The van der Waals surface area contributed by atoms with Gasteiger partial charge in [0.2, 0.25) is 0 Å². The van der Waals surface area contributed by atoms with Gasteiger partial charge in [0, 0.05) is 31.6 Å². The monoisotopic (exact) mass is 240 g/mol. The third-order valence-electron chi connectivity index (χ3n) is 3.63. The van der Waals surface area contributed by atoms with Gasteiger partial charge in [-0.3, -0.25) is 0 Å². The maximum absolute atomic E-state index is 12.1. The molecule has 0 aliphatic carbocycles. The van der Waals surface area contributed by atoms with E-state index < -0.39 is 5.60 Å². The highest BCUT2D eigenvalue weighted by Crippen LogP contribution is 2.41. The standard InChI is InChI=1S/C13H24N2O2/c1-12(2,3)17-11(16)15-7-9-6-14-8-13(4,5)10(9)15/h9-10,14H,6-8H2,1-5H3/t9-,10+/m0/s1. The van der Waals surface area contributed by atoms with Crippen LogP contribution in [0.25, 0.3) is 0 Å². The number of fused-ring (bicyclic) bond motifs is 1. The summed E-state index contributed by atoms with van der Waals surface area (Å²) in [6, 6.07) is 0.332. The zero-order valence-corrected chi connectivity index (χ0v) is 11.5. The van der Waals surface area contributed by atoms with Crippen LogP contribution in [0.4, 0.5) is 4.79 Å². The topological polar surface area (TPSA) is 41.6 Å². The first-order valence-corrected chi connectivity index (χ1v) is 6.41. The molecule has 4 heteroatoms. The molecule has 2 fully saturated rings. The van der Waals surface area contributed by atoms with E-state index in [1.807, 2.05) is 25.7 Å². The predicted octanol–water partition coefficient (Wildman–Crippen LogP) is 1.85. The Kier molecular flexibility index (Phi) is 2.89. The van der Waals surface area contributed by atoms with Gasteiger partial charge in [0.15, 0.2) is 0 Å². The second kappa shape index (κ2) is 3.87. The molecular formula is C13H24N2O2. The molecule has 1 amide bonds. The summed E-state index contributed by atoms with van der Waals surface area (Å²) in [4.78, 5) is 14.0. The van der Waals surface area contributed by atoms with Gasteiger partial charge in [-0.25, -0.2) is 4.79 Å².